The summed E-state index contributed by atoms with van der Waals surface area (Å²) in [4.78, 5) is 4.12. The highest BCUT2D eigenvalue weighted by atomic mass is 35.5. The van der Waals surface area contributed by atoms with Crippen LogP contribution in [0.3, 0.4) is 0 Å². The van der Waals surface area contributed by atoms with E-state index in [1.807, 2.05) is 43.5 Å². The van der Waals surface area contributed by atoms with Crippen LogP contribution in [0.4, 0.5) is 0 Å². The number of benzene rings is 1. The monoisotopic (exact) mass is 229 g/mol. The molecule has 2 aromatic rings. The molecule has 16 heavy (non-hydrogen) atoms. The second-order valence-corrected chi connectivity index (χ2v) is 4.15. The minimum absolute atomic E-state index is 0.738. The van der Waals surface area contributed by atoms with E-state index in [1.165, 1.54) is 0 Å². The minimum atomic E-state index is 0.738. The maximum Gasteiger partial charge on any atom is 0.0412 e. The first-order valence-electron chi connectivity index (χ1n) is 5.04. The van der Waals surface area contributed by atoms with Crippen LogP contribution in [0, 0.1) is 0 Å². The lowest BCUT2D eigenvalue weighted by atomic mass is 9.98. The molecule has 80 valence electrons. The molecule has 0 amide bonds. The van der Waals surface area contributed by atoms with Crippen LogP contribution >= 0.6 is 11.6 Å². The van der Waals surface area contributed by atoms with Gasteiger partial charge in [-0.1, -0.05) is 30.3 Å². The first kappa shape index (κ1) is 10.9. The van der Waals surface area contributed by atoms with Gasteiger partial charge in [-0.05, 0) is 41.8 Å². The molecule has 2 rings (SSSR count). The van der Waals surface area contributed by atoms with E-state index < -0.39 is 0 Å². The van der Waals surface area contributed by atoms with E-state index in [1.54, 1.807) is 6.20 Å². The number of nitrogens with zero attached hydrogens (tertiary/aromatic N) is 1. The van der Waals surface area contributed by atoms with Crippen molar-refractivity contribution in [2.24, 2.45) is 0 Å². The first-order valence-corrected chi connectivity index (χ1v) is 5.42. The summed E-state index contributed by atoms with van der Waals surface area (Å²) in [7, 11) is 0. The van der Waals surface area contributed by atoms with E-state index in [0.717, 1.165) is 27.3 Å². The van der Waals surface area contributed by atoms with Crippen LogP contribution in [0.2, 0.25) is 5.02 Å². The van der Waals surface area contributed by atoms with E-state index in [4.69, 9.17) is 11.6 Å². The fourth-order valence-corrected chi connectivity index (χ4v) is 1.83. The minimum Gasteiger partial charge on any atom is -0.264 e. The molecule has 0 unspecified atom stereocenters. The summed E-state index contributed by atoms with van der Waals surface area (Å²) in [5.41, 5.74) is 4.27. The van der Waals surface area contributed by atoms with Crippen LogP contribution in [-0.2, 0) is 0 Å². The maximum atomic E-state index is 5.99. The molecule has 1 aromatic carbocycles. The second-order valence-electron chi connectivity index (χ2n) is 3.71. The Morgan fingerprint density at radius 3 is 2.81 bits per heavy atom. The molecule has 0 radical (unpaired) electrons. The molecule has 1 nitrogen and oxygen atoms in total. The predicted molar refractivity (Wildman–Crippen MR) is 69.4 cm³/mol. The third-order valence-electron chi connectivity index (χ3n) is 2.42. The number of allylic oxidation sites excluding steroid dienone is 1. The average molecular weight is 230 g/mol. The van der Waals surface area contributed by atoms with Gasteiger partial charge in [-0.15, -0.1) is 0 Å². The van der Waals surface area contributed by atoms with Crippen molar-refractivity contribution in [3.63, 3.8) is 0 Å². The van der Waals surface area contributed by atoms with Gasteiger partial charge in [0.25, 0.3) is 0 Å². The molecule has 0 saturated carbocycles. The Morgan fingerprint density at radius 1 is 1.31 bits per heavy atom. The normalized spacial score (nSPS) is 10.1. The summed E-state index contributed by atoms with van der Waals surface area (Å²) >= 11 is 5.99. The Labute approximate surface area is 100 Å². The van der Waals surface area contributed by atoms with Crippen LogP contribution in [0.5, 0.6) is 0 Å². The lowest BCUT2D eigenvalue weighted by Gasteiger charge is -2.08. The standard InChI is InChI=1S/C14H12ClN/c1-10(2)14-9-16-7-6-13(14)11-4-3-5-12(15)8-11/h3-9H,1H2,2H3. The van der Waals surface area contributed by atoms with Crippen LogP contribution in [0.1, 0.15) is 12.5 Å². The molecule has 0 aliphatic rings. The van der Waals surface area contributed by atoms with Crippen LogP contribution in [0.15, 0.2) is 49.3 Å². The molecular formula is C14H12ClN. The quantitative estimate of drug-likeness (QED) is 0.742. The molecule has 2 heteroatoms. The van der Waals surface area contributed by atoms with E-state index in [9.17, 15) is 0 Å². The predicted octanol–water partition coefficient (Wildman–Crippen LogP) is 4.44. The number of hydrogen-bond acceptors (Lipinski definition) is 1. The largest absolute Gasteiger partial charge is 0.264 e. The molecule has 0 aliphatic heterocycles. The SMILES string of the molecule is C=C(C)c1cnccc1-c1cccc(Cl)c1. The molecule has 0 spiro atoms. The van der Waals surface area contributed by atoms with Crippen molar-refractivity contribution in [1.82, 2.24) is 4.98 Å². The number of hydrogen-bond donors (Lipinski definition) is 0. The van der Waals surface area contributed by atoms with Crippen molar-refractivity contribution >= 4 is 17.2 Å². The number of rotatable bonds is 2. The maximum absolute atomic E-state index is 5.99. The van der Waals surface area contributed by atoms with E-state index in [-0.39, 0.29) is 0 Å². The van der Waals surface area contributed by atoms with Crippen LogP contribution in [0.25, 0.3) is 16.7 Å². The fourth-order valence-electron chi connectivity index (χ4n) is 1.64. The number of halogens is 1. The summed E-state index contributed by atoms with van der Waals surface area (Å²) in [5, 5.41) is 0.738. The molecule has 0 saturated heterocycles. The topological polar surface area (TPSA) is 12.9 Å². The van der Waals surface area contributed by atoms with E-state index in [0.29, 0.717) is 0 Å². The van der Waals surface area contributed by atoms with Gasteiger partial charge in [-0.25, -0.2) is 0 Å². The lowest BCUT2D eigenvalue weighted by molar-refractivity contribution is 1.31. The van der Waals surface area contributed by atoms with Gasteiger partial charge in [-0.2, -0.15) is 0 Å². The summed E-state index contributed by atoms with van der Waals surface area (Å²) in [5.74, 6) is 0. The average Bonchev–Trinajstić information content (AvgIpc) is 2.29. The van der Waals surface area contributed by atoms with Crippen molar-refractivity contribution in [3.05, 3.63) is 59.9 Å². The van der Waals surface area contributed by atoms with Crippen LogP contribution in [-0.4, -0.2) is 4.98 Å². The van der Waals surface area contributed by atoms with Crippen molar-refractivity contribution < 1.29 is 0 Å². The summed E-state index contributed by atoms with van der Waals surface area (Å²) in [6.07, 6.45) is 3.61. The molecule has 0 atom stereocenters. The van der Waals surface area contributed by atoms with E-state index >= 15 is 0 Å². The Morgan fingerprint density at radius 2 is 2.12 bits per heavy atom. The zero-order chi connectivity index (χ0) is 11.5. The molecule has 0 N–H and O–H groups in total. The highest BCUT2D eigenvalue weighted by molar-refractivity contribution is 6.30. The Balaban J connectivity index is 2.60. The number of pyridine rings is 1. The Bertz CT molecular complexity index is 532. The zero-order valence-electron chi connectivity index (χ0n) is 9.07. The summed E-state index contributed by atoms with van der Waals surface area (Å²) < 4.78 is 0. The van der Waals surface area contributed by atoms with Gasteiger partial charge in [0.05, 0.1) is 0 Å². The molecule has 1 heterocycles. The molecule has 0 aliphatic carbocycles. The van der Waals surface area contributed by atoms with Gasteiger partial charge in [0.1, 0.15) is 0 Å². The van der Waals surface area contributed by atoms with Crippen molar-refractivity contribution in [2.45, 2.75) is 6.92 Å². The zero-order valence-corrected chi connectivity index (χ0v) is 9.83. The third kappa shape index (κ3) is 2.15. The molecule has 1 aromatic heterocycles. The summed E-state index contributed by atoms with van der Waals surface area (Å²) in [6.45, 7) is 5.94. The van der Waals surface area contributed by atoms with Crippen molar-refractivity contribution in [3.8, 4) is 11.1 Å². The Kier molecular flexibility index (Phi) is 3.07. The fraction of sp³-hybridized carbons (Fsp3) is 0.0714. The smallest absolute Gasteiger partial charge is 0.0412 e. The second kappa shape index (κ2) is 4.50. The van der Waals surface area contributed by atoms with Gasteiger partial charge >= 0.3 is 0 Å². The van der Waals surface area contributed by atoms with Crippen molar-refractivity contribution in [1.29, 1.82) is 0 Å². The van der Waals surface area contributed by atoms with Gasteiger partial charge in [-0.3, -0.25) is 4.98 Å². The molecular weight excluding hydrogens is 218 g/mol. The third-order valence-corrected chi connectivity index (χ3v) is 2.65. The Hall–Kier alpha value is -1.60. The van der Waals surface area contributed by atoms with Crippen LogP contribution < -0.4 is 0 Å². The van der Waals surface area contributed by atoms with Gasteiger partial charge in [0.15, 0.2) is 0 Å². The van der Waals surface area contributed by atoms with Gasteiger partial charge in [0, 0.05) is 23.0 Å². The molecule has 0 bridgehead atoms. The highest BCUT2D eigenvalue weighted by Gasteiger charge is 2.05. The number of aromatic nitrogens is 1. The first-order chi connectivity index (χ1) is 7.68. The molecule has 0 fully saturated rings. The van der Waals surface area contributed by atoms with Gasteiger partial charge in [0.2, 0.25) is 0 Å². The summed E-state index contributed by atoms with van der Waals surface area (Å²) in [6, 6.07) is 9.78. The van der Waals surface area contributed by atoms with Gasteiger partial charge < -0.3 is 0 Å². The lowest BCUT2D eigenvalue weighted by Crippen LogP contribution is -1.87. The van der Waals surface area contributed by atoms with Crippen molar-refractivity contribution in [2.75, 3.05) is 0 Å². The van der Waals surface area contributed by atoms with E-state index in [2.05, 4.69) is 11.6 Å². The highest BCUT2D eigenvalue weighted by Crippen LogP contribution is 2.28.